The molecule has 1 fully saturated rings. The molecule has 0 unspecified atom stereocenters. The zero-order chi connectivity index (χ0) is 24.2. The molecule has 2 aromatic carbocycles. The molecule has 1 amide bonds. The minimum atomic E-state index is -0.104. The summed E-state index contributed by atoms with van der Waals surface area (Å²) in [5.41, 5.74) is 5.35. The molecule has 7 heteroatoms. The summed E-state index contributed by atoms with van der Waals surface area (Å²) in [5.74, 6) is -0.0813. The lowest BCUT2D eigenvalue weighted by Gasteiger charge is -2.14. The van der Waals surface area contributed by atoms with Crippen molar-refractivity contribution < 1.29 is 4.79 Å². The highest BCUT2D eigenvalue weighted by atomic mass is 32.1. The van der Waals surface area contributed by atoms with Crippen LogP contribution in [0.5, 0.6) is 0 Å². The molecule has 180 valence electrons. The highest BCUT2D eigenvalue weighted by Crippen LogP contribution is 2.30. The molecule has 4 aromatic rings. The Morgan fingerprint density at radius 1 is 1.03 bits per heavy atom. The first kappa shape index (κ1) is 23.5. The summed E-state index contributed by atoms with van der Waals surface area (Å²) in [7, 11) is 0. The molecule has 1 aliphatic heterocycles. The van der Waals surface area contributed by atoms with Crippen LogP contribution in [0.2, 0.25) is 0 Å². The Morgan fingerprint density at radius 2 is 1.74 bits per heavy atom. The Hall–Kier alpha value is -3.29. The summed E-state index contributed by atoms with van der Waals surface area (Å²) in [6, 6.07) is 16.6. The molecule has 6 nitrogen and oxygen atoms in total. The second-order valence-corrected chi connectivity index (χ2v) is 10.1. The lowest BCUT2D eigenvalue weighted by atomic mass is 10.1. The minimum Gasteiger partial charge on any atom is -0.352 e. The van der Waals surface area contributed by atoms with E-state index in [4.69, 9.17) is 0 Å². The maximum atomic E-state index is 13.2. The molecule has 0 radical (unpaired) electrons. The zero-order valence-electron chi connectivity index (χ0n) is 20.0. The normalized spacial score (nSPS) is 14.0. The number of aryl methyl sites for hydroxylation is 2. The number of amides is 1. The van der Waals surface area contributed by atoms with Gasteiger partial charge in [-0.25, -0.2) is 4.98 Å². The third-order valence-corrected chi connectivity index (χ3v) is 7.51. The fraction of sp³-hybridized carbons (Fsp3) is 0.321. The molecule has 1 aliphatic rings. The molecular formula is C28H30N4O2S. The van der Waals surface area contributed by atoms with E-state index in [1.54, 1.807) is 10.9 Å². The molecule has 0 spiro atoms. The van der Waals surface area contributed by atoms with Crippen LogP contribution in [-0.4, -0.2) is 33.4 Å². The summed E-state index contributed by atoms with van der Waals surface area (Å²) in [5, 5.41) is 5.58. The summed E-state index contributed by atoms with van der Waals surface area (Å²) < 4.78 is 1.54. The SMILES string of the molecule is Cc1ccc(-c2csc3ncn(CCC(=O)NCc4ccc(CN5CCCC5)cc4)c(=O)c23)cc1. The smallest absolute Gasteiger partial charge is 0.262 e. The number of hydrogen-bond donors (Lipinski definition) is 1. The van der Waals surface area contributed by atoms with Crippen LogP contribution in [-0.2, 0) is 24.4 Å². The first-order valence-corrected chi connectivity index (χ1v) is 13.1. The standard InChI is InChI=1S/C28H30N4O2S/c1-20-4-10-23(11-5-20)24-18-35-27-26(24)28(34)32(19-30-27)15-12-25(33)29-16-21-6-8-22(9-7-21)17-31-13-2-3-14-31/h4-11,18-19H,2-3,12-17H2,1H3,(H,29,33). The maximum Gasteiger partial charge on any atom is 0.262 e. The quantitative estimate of drug-likeness (QED) is 0.391. The predicted molar refractivity (Wildman–Crippen MR) is 141 cm³/mol. The van der Waals surface area contributed by atoms with Crippen LogP contribution in [0.1, 0.15) is 36.0 Å². The lowest BCUT2D eigenvalue weighted by Crippen LogP contribution is -2.27. The largest absolute Gasteiger partial charge is 0.352 e. The van der Waals surface area contributed by atoms with E-state index < -0.39 is 0 Å². The monoisotopic (exact) mass is 486 g/mol. The van der Waals surface area contributed by atoms with Crippen LogP contribution in [0.25, 0.3) is 21.3 Å². The fourth-order valence-electron chi connectivity index (χ4n) is 4.54. The van der Waals surface area contributed by atoms with Crippen molar-refractivity contribution in [1.82, 2.24) is 19.8 Å². The Bertz CT molecular complexity index is 1370. The van der Waals surface area contributed by atoms with Crippen LogP contribution in [0.3, 0.4) is 0 Å². The van der Waals surface area contributed by atoms with Gasteiger partial charge in [0.25, 0.3) is 5.56 Å². The van der Waals surface area contributed by atoms with Crippen LogP contribution in [0.15, 0.2) is 65.0 Å². The molecular weight excluding hydrogens is 456 g/mol. The van der Waals surface area contributed by atoms with E-state index in [2.05, 4.69) is 39.5 Å². The van der Waals surface area contributed by atoms with Crippen molar-refractivity contribution in [2.24, 2.45) is 0 Å². The second kappa shape index (κ2) is 10.5. The number of thiophene rings is 1. The summed E-state index contributed by atoms with van der Waals surface area (Å²) in [4.78, 5) is 33.3. The summed E-state index contributed by atoms with van der Waals surface area (Å²) >= 11 is 1.47. The number of carbonyl (C=O) groups is 1. The molecule has 3 heterocycles. The van der Waals surface area contributed by atoms with E-state index in [-0.39, 0.29) is 17.9 Å². The number of nitrogens with one attached hydrogen (secondary N) is 1. The summed E-state index contributed by atoms with van der Waals surface area (Å²) in [6.07, 6.45) is 4.36. The van der Waals surface area contributed by atoms with Gasteiger partial charge in [0.15, 0.2) is 0 Å². The molecule has 0 bridgehead atoms. The molecule has 35 heavy (non-hydrogen) atoms. The van der Waals surface area contributed by atoms with Crippen LogP contribution < -0.4 is 10.9 Å². The van der Waals surface area contributed by atoms with Gasteiger partial charge >= 0.3 is 0 Å². The van der Waals surface area contributed by atoms with Crippen molar-refractivity contribution >= 4 is 27.5 Å². The number of fused-ring (bicyclic) bond motifs is 1. The van der Waals surface area contributed by atoms with Gasteiger partial charge in [-0.2, -0.15) is 0 Å². The van der Waals surface area contributed by atoms with Gasteiger partial charge in [0.2, 0.25) is 5.91 Å². The van der Waals surface area contributed by atoms with Gasteiger partial charge in [0, 0.05) is 37.0 Å². The van der Waals surface area contributed by atoms with E-state index in [0.717, 1.165) is 28.1 Å². The second-order valence-electron chi connectivity index (χ2n) is 9.27. The number of benzene rings is 2. The lowest BCUT2D eigenvalue weighted by molar-refractivity contribution is -0.121. The van der Waals surface area contributed by atoms with Gasteiger partial charge in [-0.15, -0.1) is 11.3 Å². The number of carbonyl (C=O) groups excluding carboxylic acids is 1. The van der Waals surface area contributed by atoms with Gasteiger partial charge in [-0.1, -0.05) is 54.1 Å². The highest BCUT2D eigenvalue weighted by molar-refractivity contribution is 7.17. The highest BCUT2D eigenvalue weighted by Gasteiger charge is 2.14. The average Bonchev–Trinajstić information content (AvgIpc) is 3.54. The molecule has 1 saturated heterocycles. The molecule has 0 saturated carbocycles. The Balaban J connectivity index is 1.19. The number of rotatable bonds is 8. The van der Waals surface area contributed by atoms with Crippen LogP contribution in [0.4, 0.5) is 0 Å². The number of hydrogen-bond acceptors (Lipinski definition) is 5. The van der Waals surface area contributed by atoms with Crippen LogP contribution >= 0.6 is 11.3 Å². The zero-order valence-corrected chi connectivity index (χ0v) is 20.8. The third-order valence-electron chi connectivity index (χ3n) is 6.62. The Morgan fingerprint density at radius 3 is 2.49 bits per heavy atom. The van der Waals surface area contributed by atoms with Crippen molar-refractivity contribution in [3.05, 3.63) is 87.3 Å². The minimum absolute atomic E-state index is 0.0813. The topological polar surface area (TPSA) is 67.2 Å². The van der Waals surface area contributed by atoms with Crippen LogP contribution in [0, 0.1) is 6.92 Å². The van der Waals surface area contributed by atoms with Gasteiger partial charge in [0.05, 0.1) is 11.7 Å². The number of aromatic nitrogens is 2. The molecule has 1 N–H and O–H groups in total. The Labute approximate surface area is 209 Å². The van der Waals surface area contributed by atoms with Crippen molar-refractivity contribution in [1.29, 1.82) is 0 Å². The van der Waals surface area contributed by atoms with Gasteiger partial charge in [0.1, 0.15) is 4.83 Å². The molecule has 5 rings (SSSR count). The number of likely N-dealkylation sites (tertiary alicyclic amines) is 1. The van der Waals surface area contributed by atoms with E-state index in [9.17, 15) is 9.59 Å². The Kier molecular flexibility index (Phi) is 7.06. The summed E-state index contributed by atoms with van der Waals surface area (Å²) in [6.45, 7) is 6.18. The van der Waals surface area contributed by atoms with E-state index in [0.29, 0.717) is 18.5 Å². The van der Waals surface area contributed by atoms with E-state index in [1.807, 2.05) is 36.6 Å². The van der Waals surface area contributed by atoms with Crippen molar-refractivity contribution in [3.63, 3.8) is 0 Å². The molecule has 0 atom stereocenters. The number of nitrogens with zero attached hydrogens (tertiary/aromatic N) is 3. The average molecular weight is 487 g/mol. The van der Waals surface area contributed by atoms with Gasteiger partial charge < -0.3 is 5.32 Å². The first-order chi connectivity index (χ1) is 17.1. The van der Waals surface area contributed by atoms with Crippen molar-refractivity contribution in [2.75, 3.05) is 13.1 Å². The first-order valence-electron chi connectivity index (χ1n) is 12.2. The third kappa shape index (κ3) is 5.52. The van der Waals surface area contributed by atoms with Gasteiger partial charge in [-0.3, -0.25) is 19.1 Å². The van der Waals surface area contributed by atoms with Gasteiger partial charge in [-0.05, 0) is 49.5 Å². The molecule has 0 aliphatic carbocycles. The van der Waals surface area contributed by atoms with Crippen molar-refractivity contribution in [2.45, 2.75) is 45.8 Å². The predicted octanol–water partition coefficient (Wildman–Crippen LogP) is 4.74. The maximum absolute atomic E-state index is 13.2. The van der Waals surface area contributed by atoms with E-state index >= 15 is 0 Å². The van der Waals surface area contributed by atoms with E-state index in [1.165, 1.54) is 48.4 Å². The van der Waals surface area contributed by atoms with Crippen molar-refractivity contribution in [3.8, 4) is 11.1 Å². The fourth-order valence-corrected chi connectivity index (χ4v) is 5.45. The molecule has 2 aromatic heterocycles.